The van der Waals surface area contributed by atoms with Gasteiger partial charge in [0.05, 0.1) is 11.8 Å². The lowest BCUT2D eigenvalue weighted by Gasteiger charge is -2.36. The van der Waals surface area contributed by atoms with Gasteiger partial charge in [0.1, 0.15) is 11.5 Å². The number of nitrogens with zero attached hydrogens (tertiary/aromatic N) is 5. The van der Waals surface area contributed by atoms with Crippen molar-refractivity contribution in [3.63, 3.8) is 0 Å². The molecule has 0 atom stereocenters. The summed E-state index contributed by atoms with van der Waals surface area (Å²) in [6.07, 6.45) is 3.03. The third-order valence-electron chi connectivity index (χ3n) is 5.67. The van der Waals surface area contributed by atoms with E-state index in [2.05, 4.69) is 15.4 Å². The van der Waals surface area contributed by atoms with Crippen LogP contribution in [0, 0.1) is 0 Å². The molecule has 3 aromatic heterocycles. The van der Waals surface area contributed by atoms with E-state index in [0.29, 0.717) is 11.4 Å². The van der Waals surface area contributed by atoms with Crippen molar-refractivity contribution in [2.45, 2.75) is 43.9 Å². The number of imidazole rings is 1. The largest absolute Gasteiger partial charge is 0.434 e. The molecule has 0 bridgehead atoms. The minimum absolute atomic E-state index is 0.0724. The van der Waals surface area contributed by atoms with Gasteiger partial charge in [-0.15, -0.1) is 0 Å². The van der Waals surface area contributed by atoms with Crippen LogP contribution in [0.15, 0.2) is 36.8 Å². The monoisotopic (exact) mass is 420 g/mol. The highest BCUT2D eigenvalue weighted by atomic mass is 19.4. The van der Waals surface area contributed by atoms with Crippen molar-refractivity contribution in [3.8, 4) is 0 Å². The summed E-state index contributed by atoms with van der Waals surface area (Å²) in [5.41, 5.74) is -0.0988. The average molecular weight is 420 g/mol. The predicted octanol–water partition coefficient (Wildman–Crippen LogP) is 3.26. The van der Waals surface area contributed by atoms with Crippen LogP contribution in [0.4, 0.5) is 19.0 Å². The van der Waals surface area contributed by atoms with E-state index in [1.807, 2.05) is 11.9 Å². The molecular formula is C20H23F3N6O. The maximum atomic E-state index is 13.1. The molecule has 30 heavy (non-hydrogen) atoms. The number of nitrogens with one attached hydrogen (secondary N) is 1. The fourth-order valence-electron chi connectivity index (χ4n) is 4.02. The molecular weight excluding hydrogens is 397 g/mol. The number of amides is 1. The first kappa shape index (κ1) is 20.2. The summed E-state index contributed by atoms with van der Waals surface area (Å²) in [6, 6.07) is 5.32. The number of hydrogen-bond acceptors (Lipinski definition) is 4. The molecule has 0 unspecified atom stereocenters. The highest BCUT2D eigenvalue weighted by Gasteiger charge is 2.34. The van der Waals surface area contributed by atoms with Crippen LogP contribution in [0.3, 0.4) is 0 Å². The third kappa shape index (κ3) is 3.99. The Morgan fingerprint density at radius 2 is 1.93 bits per heavy atom. The molecule has 4 rings (SSSR count). The van der Waals surface area contributed by atoms with Gasteiger partial charge in [-0.25, -0.2) is 4.98 Å². The van der Waals surface area contributed by atoms with Crippen molar-refractivity contribution in [2.24, 2.45) is 7.05 Å². The quantitative estimate of drug-likeness (QED) is 0.704. The van der Waals surface area contributed by atoms with Crippen molar-refractivity contribution in [1.82, 2.24) is 24.5 Å². The van der Waals surface area contributed by atoms with E-state index < -0.39 is 11.9 Å². The lowest BCUT2D eigenvalue weighted by molar-refractivity contribution is -0.140. The van der Waals surface area contributed by atoms with E-state index >= 15 is 0 Å². The molecule has 3 heterocycles. The first-order valence-corrected chi connectivity index (χ1v) is 9.80. The molecule has 1 fully saturated rings. The fraction of sp³-hybridized carbons (Fsp3) is 0.450. The number of carbonyl (C=O) groups excluding carboxylic acids is 1. The van der Waals surface area contributed by atoms with Crippen molar-refractivity contribution >= 4 is 17.4 Å². The summed E-state index contributed by atoms with van der Waals surface area (Å²) < 4.78 is 42.2. The van der Waals surface area contributed by atoms with E-state index in [4.69, 9.17) is 0 Å². The minimum Gasteiger partial charge on any atom is -0.358 e. The van der Waals surface area contributed by atoms with Crippen LogP contribution in [-0.2, 0) is 13.2 Å². The number of pyridine rings is 1. The number of fused-ring (bicyclic) bond motifs is 1. The summed E-state index contributed by atoms with van der Waals surface area (Å²) in [5, 5.41) is 7.06. The zero-order chi connectivity index (χ0) is 21.5. The number of hydrogen-bond donors (Lipinski definition) is 1. The van der Waals surface area contributed by atoms with Crippen LogP contribution in [0.1, 0.15) is 41.7 Å². The molecule has 160 valence electrons. The van der Waals surface area contributed by atoms with Crippen LogP contribution >= 0.6 is 0 Å². The maximum absolute atomic E-state index is 13.1. The minimum atomic E-state index is -4.48. The van der Waals surface area contributed by atoms with E-state index in [-0.39, 0.29) is 23.6 Å². The number of anilines is 1. The molecule has 0 aliphatic heterocycles. The molecule has 0 saturated heterocycles. The number of halogens is 3. The molecule has 1 aliphatic rings. The second-order valence-electron chi connectivity index (χ2n) is 7.73. The smallest absolute Gasteiger partial charge is 0.358 e. The van der Waals surface area contributed by atoms with E-state index in [1.165, 1.54) is 10.6 Å². The topological polar surface area (TPSA) is 67.5 Å². The van der Waals surface area contributed by atoms with Crippen molar-refractivity contribution < 1.29 is 18.0 Å². The predicted molar refractivity (Wildman–Crippen MR) is 105 cm³/mol. The molecule has 0 aromatic carbocycles. The number of alkyl halides is 3. The number of aryl methyl sites for hydroxylation is 1. The lowest BCUT2D eigenvalue weighted by Crippen LogP contribution is -2.43. The molecule has 3 aromatic rings. The SMILES string of the molecule is Cn1cc(C(=O)N[C@H]2CC[C@@H](N(C)c3cccc4nc(C(F)(F)F)cn34)CC2)cn1. The van der Waals surface area contributed by atoms with Crippen LogP contribution in [-0.4, -0.2) is 44.2 Å². The average Bonchev–Trinajstić information content (AvgIpc) is 3.34. The summed E-state index contributed by atoms with van der Waals surface area (Å²) in [6.45, 7) is 0. The van der Waals surface area contributed by atoms with E-state index in [1.54, 1.807) is 36.1 Å². The summed E-state index contributed by atoms with van der Waals surface area (Å²) in [7, 11) is 3.65. The van der Waals surface area contributed by atoms with Gasteiger partial charge in [-0.2, -0.15) is 18.3 Å². The summed E-state index contributed by atoms with van der Waals surface area (Å²) >= 11 is 0. The summed E-state index contributed by atoms with van der Waals surface area (Å²) in [5.74, 6) is 0.529. The van der Waals surface area contributed by atoms with Crippen LogP contribution in [0.25, 0.3) is 5.65 Å². The Morgan fingerprint density at radius 3 is 2.57 bits per heavy atom. The van der Waals surface area contributed by atoms with Crippen LogP contribution in [0.2, 0.25) is 0 Å². The van der Waals surface area contributed by atoms with Gasteiger partial charge in [-0.1, -0.05) is 6.07 Å². The Labute approximate surface area is 171 Å². The first-order valence-electron chi connectivity index (χ1n) is 9.80. The van der Waals surface area contributed by atoms with Crippen LogP contribution < -0.4 is 10.2 Å². The van der Waals surface area contributed by atoms with Crippen molar-refractivity contribution in [1.29, 1.82) is 0 Å². The van der Waals surface area contributed by atoms with Gasteiger partial charge in [0.2, 0.25) is 0 Å². The Balaban J connectivity index is 1.42. The zero-order valence-electron chi connectivity index (χ0n) is 16.7. The van der Waals surface area contributed by atoms with Gasteiger partial charge in [-0.05, 0) is 37.8 Å². The molecule has 0 spiro atoms. The van der Waals surface area contributed by atoms with Crippen LogP contribution in [0.5, 0.6) is 0 Å². The maximum Gasteiger partial charge on any atom is 0.434 e. The van der Waals surface area contributed by atoms with Gasteiger partial charge in [0.15, 0.2) is 5.69 Å². The van der Waals surface area contributed by atoms with Gasteiger partial charge in [0, 0.05) is 38.6 Å². The molecule has 1 amide bonds. The van der Waals surface area contributed by atoms with Crippen molar-refractivity contribution in [3.05, 3.63) is 48.0 Å². The highest BCUT2D eigenvalue weighted by Crippen LogP contribution is 2.31. The zero-order valence-corrected chi connectivity index (χ0v) is 16.7. The molecule has 0 radical (unpaired) electrons. The number of aromatic nitrogens is 4. The summed E-state index contributed by atoms with van der Waals surface area (Å²) in [4.78, 5) is 18.0. The molecule has 1 N–H and O–H groups in total. The van der Waals surface area contributed by atoms with E-state index in [9.17, 15) is 18.0 Å². The molecule has 7 nitrogen and oxygen atoms in total. The normalized spacial score (nSPS) is 19.8. The lowest BCUT2D eigenvalue weighted by atomic mass is 9.90. The van der Waals surface area contributed by atoms with E-state index in [0.717, 1.165) is 31.9 Å². The van der Waals surface area contributed by atoms with Gasteiger partial charge in [0.25, 0.3) is 5.91 Å². The van der Waals surface area contributed by atoms with Gasteiger partial charge >= 0.3 is 6.18 Å². The molecule has 1 aliphatic carbocycles. The Hall–Kier alpha value is -3.04. The number of rotatable bonds is 4. The molecule has 1 saturated carbocycles. The Kier molecular flexibility index (Phi) is 5.17. The Bertz CT molecular complexity index is 1050. The second-order valence-corrected chi connectivity index (χ2v) is 7.73. The van der Waals surface area contributed by atoms with Gasteiger partial charge < -0.3 is 10.2 Å². The molecule has 10 heteroatoms. The first-order chi connectivity index (χ1) is 14.2. The third-order valence-corrected chi connectivity index (χ3v) is 5.67. The fourth-order valence-corrected chi connectivity index (χ4v) is 4.02. The Morgan fingerprint density at radius 1 is 1.20 bits per heavy atom. The van der Waals surface area contributed by atoms with Gasteiger partial charge in [-0.3, -0.25) is 13.9 Å². The standard InChI is InChI=1S/C20H23F3N6O/c1-27-11-13(10-24-27)19(30)25-14-6-8-15(9-7-14)28(2)18-5-3-4-17-26-16(12-29(17)18)20(21,22)23/h3-5,10-12,14-15H,6-9H2,1-2H3,(H,25,30)/t14-,15+. The second kappa shape index (κ2) is 7.66. The number of carbonyl (C=O) groups is 1. The highest BCUT2D eigenvalue weighted by molar-refractivity contribution is 5.93. The van der Waals surface area contributed by atoms with Crippen molar-refractivity contribution in [2.75, 3.05) is 11.9 Å².